The van der Waals surface area contributed by atoms with Crippen LogP contribution in [-0.2, 0) is 6.54 Å². The van der Waals surface area contributed by atoms with Gasteiger partial charge in [0.25, 0.3) is 5.91 Å². The van der Waals surface area contributed by atoms with Gasteiger partial charge in [0.2, 0.25) is 0 Å². The van der Waals surface area contributed by atoms with Gasteiger partial charge in [-0.25, -0.2) is 4.98 Å². The minimum absolute atomic E-state index is 0.111. The summed E-state index contributed by atoms with van der Waals surface area (Å²) in [5.41, 5.74) is 1.25. The van der Waals surface area contributed by atoms with E-state index >= 15 is 0 Å². The standard InChI is InChI=1S/C17H17N3O3S/c1-12-4-5-15(23-12)16-19-14(11-24-16)17(22)20(7-8-21)10-13-3-2-6-18-9-13/h2-6,9,11,21H,7-8,10H2,1H3. The van der Waals surface area contributed by atoms with Gasteiger partial charge in [0.15, 0.2) is 10.8 Å². The molecule has 0 saturated carbocycles. The minimum Gasteiger partial charge on any atom is -0.459 e. The number of aryl methyl sites for hydroxylation is 1. The SMILES string of the molecule is Cc1ccc(-c2nc(C(=O)N(CCO)Cc3cccnc3)cs2)o1. The maximum absolute atomic E-state index is 12.7. The Balaban J connectivity index is 1.79. The van der Waals surface area contributed by atoms with E-state index in [2.05, 4.69) is 9.97 Å². The average molecular weight is 343 g/mol. The molecule has 3 aromatic rings. The van der Waals surface area contributed by atoms with Gasteiger partial charge >= 0.3 is 0 Å². The molecule has 0 aliphatic rings. The Morgan fingerprint density at radius 1 is 1.38 bits per heavy atom. The van der Waals surface area contributed by atoms with Gasteiger partial charge < -0.3 is 14.4 Å². The largest absolute Gasteiger partial charge is 0.459 e. The highest BCUT2D eigenvalue weighted by Crippen LogP contribution is 2.26. The molecule has 0 aliphatic heterocycles. The fraction of sp³-hybridized carbons (Fsp3) is 0.235. The Morgan fingerprint density at radius 2 is 2.25 bits per heavy atom. The number of aliphatic hydroxyl groups excluding tert-OH is 1. The zero-order valence-electron chi connectivity index (χ0n) is 13.2. The van der Waals surface area contributed by atoms with Crippen LogP contribution in [0.25, 0.3) is 10.8 Å². The third kappa shape index (κ3) is 3.69. The number of carbonyl (C=O) groups is 1. The van der Waals surface area contributed by atoms with E-state index in [1.54, 1.807) is 22.7 Å². The molecule has 0 atom stereocenters. The van der Waals surface area contributed by atoms with E-state index in [-0.39, 0.29) is 19.1 Å². The van der Waals surface area contributed by atoms with E-state index in [4.69, 9.17) is 4.42 Å². The smallest absolute Gasteiger partial charge is 0.273 e. The van der Waals surface area contributed by atoms with E-state index < -0.39 is 0 Å². The molecule has 1 N–H and O–H groups in total. The van der Waals surface area contributed by atoms with E-state index in [1.807, 2.05) is 31.2 Å². The molecule has 0 aromatic carbocycles. The molecule has 0 unspecified atom stereocenters. The molecule has 3 rings (SSSR count). The fourth-order valence-corrected chi connectivity index (χ4v) is 3.04. The number of amides is 1. The van der Waals surface area contributed by atoms with Crippen LogP contribution >= 0.6 is 11.3 Å². The second kappa shape index (κ2) is 7.37. The summed E-state index contributed by atoms with van der Waals surface area (Å²) in [4.78, 5) is 22.7. The van der Waals surface area contributed by atoms with Crippen molar-refractivity contribution in [3.05, 3.63) is 59.1 Å². The molecular formula is C17H17N3O3S. The first-order valence-electron chi connectivity index (χ1n) is 7.49. The number of nitrogens with zero attached hydrogens (tertiary/aromatic N) is 3. The number of hydrogen-bond acceptors (Lipinski definition) is 6. The summed E-state index contributed by atoms with van der Waals surface area (Å²) in [7, 11) is 0. The molecule has 0 saturated heterocycles. The van der Waals surface area contributed by atoms with Gasteiger partial charge in [-0.3, -0.25) is 9.78 Å². The first kappa shape index (κ1) is 16.4. The third-order valence-corrected chi connectivity index (χ3v) is 4.28. The highest BCUT2D eigenvalue weighted by Gasteiger charge is 2.20. The van der Waals surface area contributed by atoms with Crippen molar-refractivity contribution in [1.82, 2.24) is 14.9 Å². The lowest BCUT2D eigenvalue weighted by atomic mass is 10.2. The molecule has 124 valence electrons. The van der Waals surface area contributed by atoms with Crippen molar-refractivity contribution in [2.75, 3.05) is 13.2 Å². The van der Waals surface area contributed by atoms with Gasteiger partial charge in [0.1, 0.15) is 11.5 Å². The number of thiazole rings is 1. The van der Waals surface area contributed by atoms with Crippen molar-refractivity contribution in [2.24, 2.45) is 0 Å². The van der Waals surface area contributed by atoms with Crippen LogP contribution in [0.3, 0.4) is 0 Å². The number of aromatic nitrogens is 2. The number of hydrogen-bond donors (Lipinski definition) is 1. The number of carbonyl (C=O) groups excluding carboxylic acids is 1. The van der Waals surface area contributed by atoms with E-state index in [9.17, 15) is 9.90 Å². The average Bonchev–Trinajstić information content (AvgIpc) is 3.23. The van der Waals surface area contributed by atoms with Crippen molar-refractivity contribution >= 4 is 17.2 Å². The lowest BCUT2D eigenvalue weighted by Crippen LogP contribution is -2.33. The highest BCUT2D eigenvalue weighted by atomic mass is 32.1. The summed E-state index contributed by atoms with van der Waals surface area (Å²) >= 11 is 1.36. The predicted molar refractivity (Wildman–Crippen MR) is 90.6 cm³/mol. The van der Waals surface area contributed by atoms with Crippen molar-refractivity contribution in [2.45, 2.75) is 13.5 Å². The topological polar surface area (TPSA) is 79.5 Å². The molecule has 7 heteroatoms. The molecule has 0 spiro atoms. The molecule has 0 fully saturated rings. The normalized spacial score (nSPS) is 10.8. The molecule has 6 nitrogen and oxygen atoms in total. The Bertz CT molecular complexity index is 813. The summed E-state index contributed by atoms with van der Waals surface area (Å²) in [6, 6.07) is 7.40. The molecule has 0 aliphatic carbocycles. The van der Waals surface area contributed by atoms with Gasteiger partial charge in [0.05, 0.1) is 6.61 Å². The highest BCUT2D eigenvalue weighted by molar-refractivity contribution is 7.13. The van der Waals surface area contributed by atoms with Crippen LogP contribution in [0.1, 0.15) is 21.8 Å². The van der Waals surface area contributed by atoms with Crippen LogP contribution in [0.2, 0.25) is 0 Å². The number of pyridine rings is 1. The summed E-state index contributed by atoms with van der Waals surface area (Å²) in [5.74, 6) is 1.22. The van der Waals surface area contributed by atoms with Gasteiger partial charge in [-0.05, 0) is 30.7 Å². The second-order valence-electron chi connectivity index (χ2n) is 5.26. The molecule has 1 amide bonds. The zero-order chi connectivity index (χ0) is 16.9. The van der Waals surface area contributed by atoms with Crippen molar-refractivity contribution in [1.29, 1.82) is 0 Å². The lowest BCUT2D eigenvalue weighted by molar-refractivity contribution is 0.0702. The number of aliphatic hydroxyl groups is 1. The fourth-order valence-electron chi connectivity index (χ4n) is 2.28. The minimum atomic E-state index is -0.223. The summed E-state index contributed by atoms with van der Waals surface area (Å²) < 4.78 is 5.54. The Kier molecular flexibility index (Phi) is 5.02. The number of furan rings is 1. The summed E-state index contributed by atoms with van der Waals surface area (Å²) in [6.45, 7) is 2.36. The molecule has 0 radical (unpaired) electrons. The monoisotopic (exact) mass is 343 g/mol. The Labute approximate surface area is 143 Å². The molecule has 24 heavy (non-hydrogen) atoms. The van der Waals surface area contributed by atoms with Crippen LogP contribution in [0.4, 0.5) is 0 Å². The van der Waals surface area contributed by atoms with Crippen molar-refractivity contribution in [3.8, 4) is 10.8 Å². The van der Waals surface area contributed by atoms with Gasteiger partial charge in [-0.1, -0.05) is 6.07 Å². The first-order valence-corrected chi connectivity index (χ1v) is 8.36. The van der Waals surface area contributed by atoms with Crippen LogP contribution < -0.4 is 0 Å². The molecule has 3 heterocycles. The Hall–Kier alpha value is -2.51. The van der Waals surface area contributed by atoms with Gasteiger partial charge in [-0.2, -0.15) is 0 Å². The van der Waals surface area contributed by atoms with Gasteiger partial charge in [-0.15, -0.1) is 11.3 Å². The molecular weight excluding hydrogens is 326 g/mol. The predicted octanol–water partition coefficient (Wildman–Crippen LogP) is 2.74. The first-order chi connectivity index (χ1) is 11.7. The maximum Gasteiger partial charge on any atom is 0.273 e. The Morgan fingerprint density at radius 3 is 2.92 bits per heavy atom. The van der Waals surface area contributed by atoms with Crippen LogP contribution in [0.15, 0.2) is 46.5 Å². The third-order valence-electron chi connectivity index (χ3n) is 3.43. The van der Waals surface area contributed by atoms with Crippen LogP contribution in [-0.4, -0.2) is 39.0 Å². The lowest BCUT2D eigenvalue weighted by Gasteiger charge is -2.20. The quantitative estimate of drug-likeness (QED) is 0.744. The second-order valence-corrected chi connectivity index (χ2v) is 6.12. The van der Waals surface area contributed by atoms with Gasteiger partial charge in [0, 0.05) is 30.9 Å². The van der Waals surface area contributed by atoms with Crippen LogP contribution in [0.5, 0.6) is 0 Å². The van der Waals surface area contributed by atoms with E-state index in [1.165, 1.54) is 11.3 Å². The van der Waals surface area contributed by atoms with E-state index in [0.717, 1.165) is 11.3 Å². The zero-order valence-corrected chi connectivity index (χ0v) is 14.0. The van der Waals surface area contributed by atoms with Crippen molar-refractivity contribution in [3.63, 3.8) is 0 Å². The van der Waals surface area contributed by atoms with Crippen molar-refractivity contribution < 1.29 is 14.3 Å². The molecule has 0 bridgehead atoms. The molecule has 3 aromatic heterocycles. The summed E-state index contributed by atoms with van der Waals surface area (Å²) in [6.07, 6.45) is 3.38. The number of rotatable bonds is 6. The summed E-state index contributed by atoms with van der Waals surface area (Å²) in [5, 5.41) is 11.6. The maximum atomic E-state index is 12.7. The van der Waals surface area contributed by atoms with Crippen LogP contribution in [0, 0.1) is 6.92 Å². The van der Waals surface area contributed by atoms with E-state index in [0.29, 0.717) is 23.0 Å².